The van der Waals surface area contributed by atoms with Gasteiger partial charge in [0.2, 0.25) is 0 Å². The molecule has 0 amide bonds. The molecule has 2 heterocycles. The normalized spacial score (nSPS) is 25.8. The third-order valence-electron chi connectivity index (χ3n) is 13.0. The predicted octanol–water partition coefficient (Wildman–Crippen LogP) is 10.1. The summed E-state index contributed by atoms with van der Waals surface area (Å²) in [7, 11) is -8.42. The van der Waals surface area contributed by atoms with Gasteiger partial charge in [0, 0.05) is 0 Å². The van der Waals surface area contributed by atoms with Crippen molar-refractivity contribution >= 4 is 68.3 Å². The van der Waals surface area contributed by atoms with E-state index in [-0.39, 0.29) is 37.4 Å². The quantitative estimate of drug-likeness (QED) is 0.0801. The van der Waals surface area contributed by atoms with Crippen LogP contribution in [0.5, 0.6) is 0 Å². The maximum Gasteiger partial charge on any atom is 0.261 e. The number of rotatable bonds is 12. The van der Waals surface area contributed by atoms with Crippen molar-refractivity contribution in [2.75, 3.05) is 0 Å². The highest BCUT2D eigenvalue weighted by atomic mass is 127. The van der Waals surface area contributed by atoms with Crippen LogP contribution in [0.2, 0.25) is 28.2 Å². The Kier molecular flexibility index (Phi) is 14.4. The van der Waals surface area contributed by atoms with E-state index in [1.54, 1.807) is 6.26 Å². The van der Waals surface area contributed by atoms with E-state index in [1.165, 1.54) is 20.7 Å². The van der Waals surface area contributed by atoms with E-state index < -0.39 is 49.6 Å². The number of hydrogen-bond donors (Lipinski definition) is 0. The van der Waals surface area contributed by atoms with Crippen molar-refractivity contribution in [1.82, 2.24) is 0 Å². The van der Waals surface area contributed by atoms with Gasteiger partial charge in [-0.25, -0.2) is 0 Å². The van der Waals surface area contributed by atoms with Crippen molar-refractivity contribution in [3.8, 4) is 0 Å². The van der Waals surface area contributed by atoms with Crippen LogP contribution in [0, 0.1) is 0 Å². The Morgan fingerprint density at radius 3 is 1.25 bits per heavy atom. The van der Waals surface area contributed by atoms with Crippen LogP contribution < -0.4 is 20.7 Å². The molecule has 6 rings (SSSR count). The first-order valence-corrected chi connectivity index (χ1v) is 29.6. The van der Waals surface area contributed by atoms with E-state index in [4.69, 9.17) is 27.5 Å². The summed E-state index contributed by atoms with van der Waals surface area (Å²) in [6, 6.07) is 43.6. The summed E-state index contributed by atoms with van der Waals surface area (Å²) in [5, 5.41) is 4.36. The van der Waals surface area contributed by atoms with Crippen molar-refractivity contribution in [2.45, 2.75) is 151 Å². The molecule has 4 aromatic rings. The number of hydrogen-bond acceptors (Lipinski definition) is 6. The first kappa shape index (κ1) is 47.1. The SMILES string of the molecule is C[C@H]1OC=C[C@@H](O[C@@H]2O[C@H](C)[C@@H](O[Si](c3ccccc3)(c3ccccc3)C(C)(C)C)[C@H](O[Si](c3ccccc3)(c3ccccc3)C(C)(C)C)[C@H]2I)[C@@H]1O[Si](C)(C)C(C)(C)C. The highest BCUT2D eigenvalue weighted by Crippen LogP contribution is 2.46. The van der Waals surface area contributed by atoms with E-state index in [9.17, 15) is 0 Å². The molecule has 2 aliphatic heterocycles. The molecule has 8 atom stereocenters. The lowest BCUT2D eigenvalue weighted by Gasteiger charge is -2.54. The number of ether oxygens (including phenoxy) is 3. The second-order valence-electron chi connectivity index (χ2n) is 20.3. The summed E-state index contributed by atoms with van der Waals surface area (Å²) in [5.74, 6) is 0. The van der Waals surface area contributed by atoms with Crippen LogP contribution in [0.1, 0.15) is 76.2 Å². The molecule has 60 heavy (non-hydrogen) atoms. The zero-order valence-corrected chi connectivity index (χ0v) is 43.3. The fourth-order valence-electron chi connectivity index (χ4n) is 8.82. The van der Waals surface area contributed by atoms with Gasteiger partial charge in [0.1, 0.15) is 18.3 Å². The second kappa shape index (κ2) is 18.4. The van der Waals surface area contributed by atoms with Crippen LogP contribution in [0.15, 0.2) is 134 Å². The lowest BCUT2D eigenvalue weighted by Crippen LogP contribution is -2.74. The van der Waals surface area contributed by atoms with E-state index in [0.29, 0.717) is 0 Å². The standard InChI is InChI=1S/C50H69IO6Si3/c1-36-44(55-58(12,13)48(3,4)5)42(34-35-52-36)54-47-43(51)46(57-60(50(9,10)11,40-30-22-16-23-31-40)41-32-24-17-25-33-41)45(37(2)53-47)56-59(49(6,7)8,38-26-18-14-19-27-38)39-28-20-15-21-29-39/h14-37,42-47H,1-13H3/t36-,37-,42-,43-,44-,45-,46-,47+/m1/s1. The molecule has 6 nitrogen and oxygen atoms in total. The maximum atomic E-state index is 8.24. The minimum atomic E-state index is -3.12. The van der Waals surface area contributed by atoms with Gasteiger partial charge >= 0.3 is 0 Å². The van der Waals surface area contributed by atoms with E-state index >= 15 is 0 Å². The van der Waals surface area contributed by atoms with Crippen molar-refractivity contribution < 1.29 is 27.5 Å². The summed E-state index contributed by atoms with van der Waals surface area (Å²) >= 11 is 2.56. The average Bonchev–Trinajstić information content (AvgIpc) is 3.19. The zero-order chi connectivity index (χ0) is 43.7. The van der Waals surface area contributed by atoms with Crippen molar-refractivity contribution in [3.63, 3.8) is 0 Å². The molecular weight excluding hydrogens is 908 g/mol. The summed E-state index contributed by atoms with van der Waals surface area (Å²) in [5.41, 5.74) is 0. The molecule has 324 valence electrons. The molecule has 0 N–H and O–H groups in total. The summed E-state index contributed by atoms with van der Waals surface area (Å²) in [4.78, 5) is 0. The fraction of sp³-hybridized carbons (Fsp3) is 0.480. The first-order valence-electron chi connectivity index (χ1n) is 21.7. The fourth-order valence-corrected chi connectivity index (χ4v) is 20.8. The molecule has 0 saturated carbocycles. The predicted molar refractivity (Wildman–Crippen MR) is 264 cm³/mol. The molecule has 1 fully saturated rings. The Labute approximate surface area is 378 Å². The zero-order valence-electron chi connectivity index (χ0n) is 38.1. The third-order valence-corrected chi connectivity index (χ3v) is 28.9. The average molecular weight is 977 g/mol. The van der Waals surface area contributed by atoms with Crippen molar-refractivity contribution in [3.05, 3.63) is 134 Å². The largest absolute Gasteiger partial charge is 0.496 e. The van der Waals surface area contributed by atoms with Gasteiger partial charge in [0.25, 0.3) is 16.6 Å². The molecule has 0 bridgehead atoms. The van der Waals surface area contributed by atoms with Gasteiger partial charge in [0.05, 0.1) is 28.5 Å². The van der Waals surface area contributed by atoms with Crippen LogP contribution in [0.4, 0.5) is 0 Å². The first-order chi connectivity index (χ1) is 28.1. The summed E-state index contributed by atoms with van der Waals surface area (Å²) in [6.07, 6.45) is 0.953. The van der Waals surface area contributed by atoms with E-state index in [1.807, 2.05) is 6.08 Å². The minimum absolute atomic E-state index is 0.0142. The van der Waals surface area contributed by atoms with Gasteiger partial charge in [-0.05, 0) is 68.9 Å². The molecule has 1 saturated heterocycles. The van der Waals surface area contributed by atoms with Crippen LogP contribution in [-0.4, -0.2) is 71.8 Å². The van der Waals surface area contributed by atoms with E-state index in [2.05, 4.69) is 233 Å². The number of alkyl halides is 1. The molecule has 0 aromatic heterocycles. The van der Waals surface area contributed by atoms with Gasteiger partial charge in [-0.2, -0.15) is 0 Å². The van der Waals surface area contributed by atoms with Crippen LogP contribution in [0.3, 0.4) is 0 Å². The van der Waals surface area contributed by atoms with Gasteiger partial charge < -0.3 is 27.5 Å². The molecule has 0 aliphatic carbocycles. The van der Waals surface area contributed by atoms with Crippen LogP contribution >= 0.6 is 22.6 Å². The van der Waals surface area contributed by atoms with Gasteiger partial charge in [0.15, 0.2) is 14.6 Å². The molecule has 2 aliphatic rings. The Balaban J connectivity index is 1.53. The topological polar surface area (TPSA) is 55.4 Å². The molecular formula is C50H69IO6Si3. The summed E-state index contributed by atoms with van der Waals surface area (Å²) < 4.78 is 43.6. The monoisotopic (exact) mass is 976 g/mol. The minimum Gasteiger partial charge on any atom is -0.496 e. The highest BCUT2D eigenvalue weighted by molar-refractivity contribution is 14.1. The maximum absolute atomic E-state index is 8.24. The Hall–Kier alpha value is -2.40. The van der Waals surface area contributed by atoms with Gasteiger partial charge in [-0.1, -0.05) is 206 Å². The lowest BCUT2D eigenvalue weighted by molar-refractivity contribution is -0.254. The molecule has 0 radical (unpaired) electrons. The Morgan fingerprint density at radius 2 is 0.883 bits per heavy atom. The van der Waals surface area contributed by atoms with Gasteiger partial charge in [-0.3, -0.25) is 0 Å². The molecule has 4 aromatic carbocycles. The number of benzene rings is 4. The summed E-state index contributed by atoms with van der Waals surface area (Å²) in [6.45, 7) is 29.6. The van der Waals surface area contributed by atoms with Crippen LogP contribution in [0.25, 0.3) is 0 Å². The molecule has 0 spiro atoms. The molecule has 0 unspecified atom stereocenters. The molecule has 10 heteroatoms. The Morgan fingerprint density at radius 1 is 0.500 bits per heavy atom. The van der Waals surface area contributed by atoms with Gasteiger partial charge in [-0.15, -0.1) is 0 Å². The second-order valence-corrected chi connectivity index (χ2v) is 35.0. The Bertz CT molecular complexity index is 1920. The lowest BCUT2D eigenvalue weighted by atomic mass is 10.0. The van der Waals surface area contributed by atoms with Crippen molar-refractivity contribution in [1.29, 1.82) is 0 Å². The van der Waals surface area contributed by atoms with E-state index in [0.717, 1.165) is 0 Å². The highest BCUT2D eigenvalue weighted by Gasteiger charge is 2.60. The van der Waals surface area contributed by atoms with Crippen LogP contribution in [-0.2, 0) is 27.5 Å². The smallest absolute Gasteiger partial charge is 0.261 e. The number of halogens is 1. The third kappa shape index (κ3) is 9.29. The van der Waals surface area contributed by atoms with Crippen molar-refractivity contribution in [2.24, 2.45) is 0 Å².